The van der Waals surface area contributed by atoms with Crippen molar-refractivity contribution in [1.82, 2.24) is 19.9 Å². The molecule has 122 valence electrons. The summed E-state index contributed by atoms with van der Waals surface area (Å²) in [5, 5.41) is 5.86. The third kappa shape index (κ3) is 3.87. The highest BCUT2D eigenvalue weighted by Crippen LogP contribution is 2.27. The van der Waals surface area contributed by atoms with Crippen molar-refractivity contribution >= 4 is 11.7 Å². The number of aromatic nitrogens is 3. The van der Waals surface area contributed by atoms with Gasteiger partial charge >= 0.3 is 6.03 Å². The molecular weight excluding hydrogens is 294 g/mol. The molecule has 1 aliphatic rings. The van der Waals surface area contributed by atoms with Crippen LogP contribution in [0.4, 0.5) is 10.5 Å². The molecule has 1 fully saturated rings. The molecule has 2 amide bonds. The van der Waals surface area contributed by atoms with Gasteiger partial charge in [0.2, 0.25) is 0 Å². The fourth-order valence-corrected chi connectivity index (χ4v) is 2.79. The van der Waals surface area contributed by atoms with Gasteiger partial charge in [-0.3, -0.25) is 4.98 Å². The lowest BCUT2D eigenvalue weighted by atomic mass is 10.0. The van der Waals surface area contributed by atoms with Gasteiger partial charge in [0.05, 0.1) is 18.2 Å². The average molecular weight is 315 g/mol. The third-order valence-corrected chi connectivity index (χ3v) is 3.96. The van der Waals surface area contributed by atoms with Crippen LogP contribution >= 0.6 is 0 Å². The van der Waals surface area contributed by atoms with Gasteiger partial charge in [0.15, 0.2) is 0 Å². The average Bonchev–Trinajstić information content (AvgIpc) is 2.93. The number of ether oxygens (including phenoxy) is 1. The third-order valence-electron chi connectivity index (χ3n) is 3.96. The van der Waals surface area contributed by atoms with Crippen LogP contribution in [0.25, 0.3) is 0 Å². The van der Waals surface area contributed by atoms with E-state index >= 15 is 0 Å². The van der Waals surface area contributed by atoms with Crippen molar-refractivity contribution in [2.24, 2.45) is 7.05 Å². The standard InChI is InChI=1S/C16H21N5O2/c1-11-7-12(3-5-18-11)19-16(22)20-13-4-6-23-15(8-13)14-9-17-10-21(14)2/h3,5,7,9-10,13,15H,4,6,8H2,1-2H3,(H2,18,19,20,22). The number of urea groups is 1. The Balaban J connectivity index is 1.57. The quantitative estimate of drug-likeness (QED) is 0.909. The van der Waals surface area contributed by atoms with Gasteiger partial charge in [-0.05, 0) is 31.9 Å². The first-order chi connectivity index (χ1) is 11.1. The van der Waals surface area contributed by atoms with Crippen LogP contribution in [0.2, 0.25) is 0 Å². The lowest BCUT2D eigenvalue weighted by Gasteiger charge is -2.30. The first kappa shape index (κ1) is 15.5. The van der Waals surface area contributed by atoms with Crippen molar-refractivity contribution in [3.8, 4) is 0 Å². The Morgan fingerprint density at radius 2 is 2.35 bits per heavy atom. The smallest absolute Gasteiger partial charge is 0.319 e. The molecule has 3 heterocycles. The summed E-state index contributed by atoms with van der Waals surface area (Å²) >= 11 is 0. The van der Waals surface area contributed by atoms with E-state index < -0.39 is 0 Å². The van der Waals surface area contributed by atoms with Crippen LogP contribution in [-0.4, -0.2) is 33.2 Å². The molecule has 2 N–H and O–H groups in total. The van der Waals surface area contributed by atoms with E-state index in [1.807, 2.05) is 30.8 Å². The summed E-state index contributed by atoms with van der Waals surface area (Å²) in [6.45, 7) is 2.51. The fraction of sp³-hybridized carbons (Fsp3) is 0.438. The van der Waals surface area contributed by atoms with Crippen molar-refractivity contribution in [3.63, 3.8) is 0 Å². The number of nitrogens with one attached hydrogen (secondary N) is 2. The molecule has 2 aromatic heterocycles. The molecule has 7 nitrogen and oxygen atoms in total. The number of aryl methyl sites for hydroxylation is 2. The van der Waals surface area contributed by atoms with Crippen LogP contribution < -0.4 is 10.6 Å². The van der Waals surface area contributed by atoms with Crippen molar-refractivity contribution in [2.45, 2.75) is 31.9 Å². The van der Waals surface area contributed by atoms with Gasteiger partial charge in [0, 0.05) is 37.3 Å². The maximum Gasteiger partial charge on any atom is 0.319 e. The van der Waals surface area contributed by atoms with Gasteiger partial charge in [0.25, 0.3) is 0 Å². The molecule has 1 aliphatic heterocycles. The minimum Gasteiger partial charge on any atom is -0.372 e. The molecule has 2 atom stereocenters. The predicted molar refractivity (Wildman–Crippen MR) is 86.1 cm³/mol. The number of carbonyl (C=O) groups is 1. The molecule has 1 saturated heterocycles. The second-order valence-electron chi connectivity index (χ2n) is 5.79. The van der Waals surface area contributed by atoms with E-state index in [0.717, 1.165) is 29.9 Å². The zero-order valence-corrected chi connectivity index (χ0v) is 13.3. The lowest BCUT2D eigenvalue weighted by Crippen LogP contribution is -2.42. The molecule has 0 spiro atoms. The SMILES string of the molecule is Cc1cc(NC(=O)NC2CCOC(c3cncn3C)C2)ccn1. The Hall–Kier alpha value is -2.41. The maximum atomic E-state index is 12.2. The van der Waals surface area contributed by atoms with Gasteiger partial charge in [0.1, 0.15) is 6.10 Å². The maximum absolute atomic E-state index is 12.2. The van der Waals surface area contributed by atoms with E-state index in [1.54, 1.807) is 18.6 Å². The predicted octanol–water partition coefficient (Wildman–Crippen LogP) is 2.17. The van der Waals surface area contributed by atoms with Crippen molar-refractivity contribution in [3.05, 3.63) is 42.2 Å². The Morgan fingerprint density at radius 1 is 1.48 bits per heavy atom. The first-order valence-electron chi connectivity index (χ1n) is 7.70. The minimum absolute atomic E-state index is 0.0373. The van der Waals surface area contributed by atoms with E-state index in [9.17, 15) is 4.79 Å². The summed E-state index contributed by atoms with van der Waals surface area (Å²) in [6.07, 6.45) is 6.75. The number of nitrogens with zero attached hydrogens (tertiary/aromatic N) is 3. The molecule has 0 radical (unpaired) electrons. The van der Waals surface area contributed by atoms with E-state index in [2.05, 4.69) is 20.6 Å². The Bertz CT molecular complexity index is 685. The molecule has 23 heavy (non-hydrogen) atoms. The van der Waals surface area contributed by atoms with E-state index in [1.165, 1.54) is 0 Å². The number of anilines is 1. The van der Waals surface area contributed by atoms with Gasteiger partial charge < -0.3 is 19.9 Å². The van der Waals surface area contributed by atoms with Crippen LogP contribution in [0.3, 0.4) is 0 Å². The monoisotopic (exact) mass is 315 g/mol. The highest BCUT2D eigenvalue weighted by molar-refractivity contribution is 5.89. The number of hydrogen-bond donors (Lipinski definition) is 2. The van der Waals surface area contributed by atoms with Crippen LogP contribution in [0, 0.1) is 6.92 Å². The normalized spacial score (nSPS) is 21.0. The molecule has 2 unspecified atom stereocenters. The second-order valence-corrected chi connectivity index (χ2v) is 5.79. The van der Waals surface area contributed by atoms with Gasteiger partial charge in [-0.25, -0.2) is 9.78 Å². The number of imidazole rings is 1. The summed E-state index contributed by atoms with van der Waals surface area (Å²) in [6, 6.07) is 3.48. The summed E-state index contributed by atoms with van der Waals surface area (Å²) < 4.78 is 7.76. The number of pyridine rings is 1. The molecule has 0 aromatic carbocycles. The summed E-state index contributed by atoms with van der Waals surface area (Å²) in [5.74, 6) is 0. The minimum atomic E-state index is -0.203. The summed E-state index contributed by atoms with van der Waals surface area (Å²) in [5.41, 5.74) is 2.64. The van der Waals surface area contributed by atoms with Crippen molar-refractivity contribution in [2.75, 3.05) is 11.9 Å². The van der Waals surface area contributed by atoms with E-state index in [0.29, 0.717) is 6.61 Å². The lowest BCUT2D eigenvalue weighted by molar-refractivity contribution is -0.00151. The summed E-state index contributed by atoms with van der Waals surface area (Å²) in [4.78, 5) is 20.4. The van der Waals surface area contributed by atoms with Crippen LogP contribution in [-0.2, 0) is 11.8 Å². The fourth-order valence-electron chi connectivity index (χ4n) is 2.79. The van der Waals surface area contributed by atoms with Crippen LogP contribution in [0.15, 0.2) is 30.9 Å². The molecule has 0 aliphatic carbocycles. The topological polar surface area (TPSA) is 81.1 Å². The molecule has 0 saturated carbocycles. The number of rotatable bonds is 3. The zero-order chi connectivity index (χ0) is 16.2. The van der Waals surface area contributed by atoms with Crippen molar-refractivity contribution < 1.29 is 9.53 Å². The summed E-state index contributed by atoms with van der Waals surface area (Å²) in [7, 11) is 1.95. The highest BCUT2D eigenvalue weighted by atomic mass is 16.5. The van der Waals surface area contributed by atoms with Gasteiger partial charge in [-0.15, -0.1) is 0 Å². The number of amides is 2. The molecule has 3 rings (SSSR count). The number of carbonyl (C=O) groups excluding carboxylic acids is 1. The molecular formula is C16H21N5O2. The van der Waals surface area contributed by atoms with Gasteiger partial charge in [-0.1, -0.05) is 0 Å². The number of hydrogen-bond acceptors (Lipinski definition) is 4. The molecule has 7 heteroatoms. The Labute approximate surface area is 135 Å². The van der Waals surface area contributed by atoms with Crippen molar-refractivity contribution in [1.29, 1.82) is 0 Å². The second kappa shape index (κ2) is 6.78. The van der Waals surface area contributed by atoms with Gasteiger partial charge in [-0.2, -0.15) is 0 Å². The van der Waals surface area contributed by atoms with E-state index in [4.69, 9.17) is 4.74 Å². The largest absolute Gasteiger partial charge is 0.372 e. The molecule has 2 aromatic rings. The molecule has 0 bridgehead atoms. The highest BCUT2D eigenvalue weighted by Gasteiger charge is 2.26. The van der Waals surface area contributed by atoms with E-state index in [-0.39, 0.29) is 18.2 Å². The Morgan fingerprint density at radius 3 is 3.09 bits per heavy atom. The Kier molecular flexibility index (Phi) is 4.57. The van der Waals surface area contributed by atoms with Crippen LogP contribution in [0.1, 0.15) is 30.3 Å². The first-order valence-corrected chi connectivity index (χ1v) is 7.70. The van der Waals surface area contributed by atoms with Crippen LogP contribution in [0.5, 0.6) is 0 Å². The zero-order valence-electron chi connectivity index (χ0n) is 13.3.